The molecule has 1 aromatic carbocycles. The van der Waals surface area contributed by atoms with E-state index in [1.807, 2.05) is 31.2 Å². The molecule has 0 bridgehead atoms. The third-order valence-electron chi connectivity index (χ3n) is 2.85. The Bertz CT molecular complexity index is 541. The zero-order valence-electron chi connectivity index (χ0n) is 10.7. The molecule has 0 radical (unpaired) electrons. The molecule has 2 rings (SSSR count). The lowest BCUT2D eigenvalue weighted by molar-refractivity contribution is 0.151. The van der Waals surface area contributed by atoms with Crippen molar-refractivity contribution in [2.75, 3.05) is 6.54 Å². The lowest BCUT2D eigenvalue weighted by Crippen LogP contribution is -2.11. The van der Waals surface area contributed by atoms with E-state index in [9.17, 15) is 8.78 Å². The Morgan fingerprint density at radius 2 is 2.00 bits per heavy atom. The number of halogens is 2. The van der Waals surface area contributed by atoms with Gasteiger partial charge < -0.3 is 5.32 Å². The van der Waals surface area contributed by atoms with E-state index >= 15 is 0 Å². The predicted octanol–water partition coefficient (Wildman–Crippen LogP) is 3.80. The highest BCUT2D eigenvalue weighted by Gasteiger charge is 2.09. The Balaban J connectivity index is 2.28. The molecular formula is C15H16F2N2. The molecule has 0 fully saturated rings. The van der Waals surface area contributed by atoms with E-state index < -0.39 is 6.43 Å². The van der Waals surface area contributed by atoms with Crippen LogP contribution in [-0.4, -0.2) is 11.5 Å². The van der Waals surface area contributed by atoms with Crippen molar-refractivity contribution < 1.29 is 8.78 Å². The molecule has 0 aliphatic rings. The maximum absolute atomic E-state index is 12.7. The first-order chi connectivity index (χ1) is 9.20. The highest BCUT2D eigenvalue weighted by Crippen LogP contribution is 2.25. The van der Waals surface area contributed by atoms with Gasteiger partial charge in [0.2, 0.25) is 0 Å². The maximum Gasteiger partial charge on any atom is 0.265 e. The summed E-state index contributed by atoms with van der Waals surface area (Å²) < 4.78 is 25.3. The highest BCUT2D eigenvalue weighted by atomic mass is 19.3. The monoisotopic (exact) mass is 262 g/mol. The van der Waals surface area contributed by atoms with Crippen molar-refractivity contribution in [1.29, 1.82) is 0 Å². The van der Waals surface area contributed by atoms with Crippen molar-refractivity contribution in [1.82, 2.24) is 10.3 Å². The average molecular weight is 262 g/mol. The molecule has 1 heterocycles. The molecule has 4 heteroatoms. The van der Waals surface area contributed by atoms with Gasteiger partial charge in [-0.25, -0.2) is 8.78 Å². The largest absolute Gasteiger partial charge is 0.313 e. The standard InChI is InChI=1S/C15H16F2N2/c1-2-18-8-11-4-3-5-12(6-11)13-7-14(15(16)17)10-19-9-13/h3-7,9-10,15,18H,2,8H2,1H3. The number of nitrogens with one attached hydrogen (secondary N) is 1. The Kier molecular flexibility index (Phi) is 4.58. The van der Waals surface area contributed by atoms with Crippen LogP contribution in [0.25, 0.3) is 11.1 Å². The van der Waals surface area contributed by atoms with Gasteiger partial charge >= 0.3 is 0 Å². The summed E-state index contributed by atoms with van der Waals surface area (Å²) in [5.41, 5.74) is 2.71. The van der Waals surface area contributed by atoms with Crippen LogP contribution in [0.2, 0.25) is 0 Å². The van der Waals surface area contributed by atoms with E-state index in [1.165, 1.54) is 12.3 Å². The minimum absolute atomic E-state index is 0.0467. The van der Waals surface area contributed by atoms with E-state index in [-0.39, 0.29) is 5.56 Å². The number of aromatic nitrogens is 1. The summed E-state index contributed by atoms with van der Waals surface area (Å²) in [4.78, 5) is 3.88. The van der Waals surface area contributed by atoms with Crippen LogP contribution in [0.15, 0.2) is 42.7 Å². The zero-order valence-corrected chi connectivity index (χ0v) is 10.7. The molecule has 2 aromatic rings. The topological polar surface area (TPSA) is 24.9 Å². The maximum atomic E-state index is 12.7. The van der Waals surface area contributed by atoms with Gasteiger partial charge in [-0.1, -0.05) is 25.1 Å². The highest BCUT2D eigenvalue weighted by molar-refractivity contribution is 5.63. The quantitative estimate of drug-likeness (QED) is 0.886. The molecule has 19 heavy (non-hydrogen) atoms. The Morgan fingerprint density at radius 3 is 2.74 bits per heavy atom. The minimum Gasteiger partial charge on any atom is -0.313 e. The molecule has 0 atom stereocenters. The molecule has 2 nitrogen and oxygen atoms in total. The number of rotatable bonds is 5. The van der Waals surface area contributed by atoms with Crippen molar-refractivity contribution in [3.05, 3.63) is 53.9 Å². The second kappa shape index (κ2) is 6.38. The third kappa shape index (κ3) is 3.58. The Labute approximate surface area is 111 Å². The van der Waals surface area contributed by atoms with Crippen molar-refractivity contribution >= 4 is 0 Å². The Morgan fingerprint density at radius 1 is 1.16 bits per heavy atom. The van der Waals surface area contributed by atoms with Crippen molar-refractivity contribution in [2.45, 2.75) is 19.9 Å². The number of hydrogen-bond acceptors (Lipinski definition) is 2. The van der Waals surface area contributed by atoms with Crippen LogP contribution < -0.4 is 5.32 Å². The molecule has 0 aliphatic carbocycles. The SMILES string of the molecule is CCNCc1cccc(-c2cncc(C(F)F)c2)c1. The molecule has 1 aromatic heterocycles. The molecule has 100 valence electrons. The van der Waals surface area contributed by atoms with Crippen molar-refractivity contribution in [3.63, 3.8) is 0 Å². The molecule has 0 unspecified atom stereocenters. The van der Waals surface area contributed by atoms with Gasteiger partial charge in [-0.05, 0) is 29.8 Å². The van der Waals surface area contributed by atoms with Crippen LogP contribution in [0.1, 0.15) is 24.5 Å². The zero-order chi connectivity index (χ0) is 13.7. The van der Waals surface area contributed by atoms with Gasteiger partial charge in [0.1, 0.15) is 0 Å². The predicted molar refractivity (Wildman–Crippen MR) is 72.0 cm³/mol. The van der Waals surface area contributed by atoms with Crippen molar-refractivity contribution in [2.24, 2.45) is 0 Å². The third-order valence-corrected chi connectivity index (χ3v) is 2.85. The van der Waals surface area contributed by atoms with E-state index in [4.69, 9.17) is 0 Å². The van der Waals surface area contributed by atoms with E-state index in [2.05, 4.69) is 10.3 Å². The molecule has 0 saturated carbocycles. The summed E-state index contributed by atoms with van der Waals surface area (Å²) in [7, 11) is 0. The number of benzene rings is 1. The number of nitrogens with zero attached hydrogens (tertiary/aromatic N) is 1. The molecule has 0 amide bonds. The second-order valence-corrected chi connectivity index (χ2v) is 4.29. The fourth-order valence-electron chi connectivity index (χ4n) is 1.87. The van der Waals surface area contributed by atoms with Gasteiger partial charge in [-0.15, -0.1) is 0 Å². The fraction of sp³-hybridized carbons (Fsp3) is 0.267. The number of pyridine rings is 1. The van der Waals surface area contributed by atoms with Crippen LogP contribution in [0.3, 0.4) is 0 Å². The van der Waals surface area contributed by atoms with E-state index in [1.54, 1.807) is 6.20 Å². The van der Waals surface area contributed by atoms with E-state index in [0.29, 0.717) is 0 Å². The Hall–Kier alpha value is -1.81. The first-order valence-corrected chi connectivity index (χ1v) is 6.24. The van der Waals surface area contributed by atoms with Gasteiger partial charge in [-0.3, -0.25) is 4.98 Å². The second-order valence-electron chi connectivity index (χ2n) is 4.29. The molecule has 0 aliphatic heterocycles. The van der Waals surface area contributed by atoms with Crippen LogP contribution in [0.4, 0.5) is 8.78 Å². The van der Waals surface area contributed by atoms with E-state index in [0.717, 1.165) is 29.8 Å². The lowest BCUT2D eigenvalue weighted by Gasteiger charge is -2.07. The van der Waals surface area contributed by atoms with Gasteiger partial charge in [0.15, 0.2) is 0 Å². The summed E-state index contributed by atoms with van der Waals surface area (Å²) in [6, 6.07) is 9.33. The molecule has 0 saturated heterocycles. The first kappa shape index (κ1) is 13.6. The summed E-state index contributed by atoms with van der Waals surface area (Å²) in [6.45, 7) is 3.71. The van der Waals surface area contributed by atoms with Gasteiger partial charge in [-0.2, -0.15) is 0 Å². The van der Waals surface area contributed by atoms with Gasteiger partial charge in [0, 0.05) is 30.1 Å². The van der Waals surface area contributed by atoms with Crippen LogP contribution >= 0.6 is 0 Å². The number of hydrogen-bond donors (Lipinski definition) is 1. The van der Waals surface area contributed by atoms with Crippen LogP contribution in [-0.2, 0) is 6.54 Å². The van der Waals surface area contributed by atoms with Gasteiger partial charge in [0.05, 0.1) is 0 Å². The average Bonchev–Trinajstić information content (AvgIpc) is 2.45. The molecular weight excluding hydrogens is 246 g/mol. The summed E-state index contributed by atoms with van der Waals surface area (Å²) in [5, 5.41) is 3.24. The first-order valence-electron chi connectivity index (χ1n) is 6.24. The molecule has 0 spiro atoms. The summed E-state index contributed by atoms with van der Waals surface area (Å²) in [5.74, 6) is 0. The fourth-order valence-corrected chi connectivity index (χ4v) is 1.87. The number of alkyl halides is 2. The normalized spacial score (nSPS) is 10.9. The van der Waals surface area contributed by atoms with Crippen molar-refractivity contribution in [3.8, 4) is 11.1 Å². The summed E-state index contributed by atoms with van der Waals surface area (Å²) >= 11 is 0. The molecule has 1 N–H and O–H groups in total. The summed E-state index contributed by atoms with van der Waals surface area (Å²) in [6.07, 6.45) is 0.326. The smallest absolute Gasteiger partial charge is 0.265 e. The minimum atomic E-state index is -2.49. The van der Waals surface area contributed by atoms with Crippen LogP contribution in [0, 0.1) is 0 Å². The van der Waals surface area contributed by atoms with Gasteiger partial charge in [0.25, 0.3) is 6.43 Å². The lowest BCUT2D eigenvalue weighted by atomic mass is 10.0. The van der Waals surface area contributed by atoms with Crippen LogP contribution in [0.5, 0.6) is 0 Å².